The third-order valence-corrected chi connectivity index (χ3v) is 2.22. The molecule has 94 valence electrons. The first-order valence-electron chi connectivity index (χ1n) is 4.90. The van der Waals surface area contributed by atoms with Crippen LogP contribution in [0.25, 0.3) is 0 Å². The fourth-order valence-corrected chi connectivity index (χ4v) is 1.34. The van der Waals surface area contributed by atoms with Crippen LogP contribution in [0.2, 0.25) is 0 Å². The van der Waals surface area contributed by atoms with Gasteiger partial charge in [-0.2, -0.15) is 10.2 Å². The largest absolute Gasteiger partial charge is 0.306 e. The molecule has 2 aromatic heterocycles. The van der Waals surface area contributed by atoms with Gasteiger partial charge in [-0.1, -0.05) is 0 Å². The molecule has 0 atom stereocenters. The lowest BCUT2D eigenvalue weighted by molar-refractivity contribution is -0.385. The molecular weight excluding hydrogens is 244 g/mol. The van der Waals surface area contributed by atoms with E-state index in [0.29, 0.717) is 13.1 Å². The van der Waals surface area contributed by atoms with Gasteiger partial charge in [-0.05, 0) is 0 Å². The molecule has 0 bridgehead atoms. The van der Waals surface area contributed by atoms with E-state index >= 15 is 0 Å². The van der Waals surface area contributed by atoms with E-state index in [-0.39, 0.29) is 11.4 Å². The summed E-state index contributed by atoms with van der Waals surface area (Å²) in [7, 11) is 0. The van der Waals surface area contributed by atoms with Crippen LogP contribution in [0, 0.1) is 20.2 Å². The molecule has 0 saturated carbocycles. The first-order chi connectivity index (χ1) is 8.56. The maximum atomic E-state index is 10.4. The van der Waals surface area contributed by atoms with Crippen molar-refractivity contribution in [3.05, 3.63) is 45.0 Å². The van der Waals surface area contributed by atoms with Gasteiger partial charge in [-0.3, -0.25) is 29.6 Å². The number of hydrogen-bond donors (Lipinski definition) is 0. The van der Waals surface area contributed by atoms with Crippen molar-refractivity contribution >= 4 is 11.4 Å². The van der Waals surface area contributed by atoms with Gasteiger partial charge in [0.1, 0.15) is 24.8 Å². The standard InChI is InChI=1S/C8H8N6O4/c15-13(16)7-3-9-11(5-7)1-2-12-6-8(4-10-12)14(17)18/h3-6H,1-2H2. The highest BCUT2D eigenvalue weighted by atomic mass is 16.6. The summed E-state index contributed by atoms with van der Waals surface area (Å²) in [6.07, 6.45) is 4.87. The van der Waals surface area contributed by atoms with Crippen molar-refractivity contribution in [3.8, 4) is 0 Å². The molecule has 2 aromatic rings. The zero-order chi connectivity index (χ0) is 13.1. The quantitative estimate of drug-likeness (QED) is 0.567. The van der Waals surface area contributed by atoms with Gasteiger partial charge >= 0.3 is 11.4 Å². The van der Waals surface area contributed by atoms with Gasteiger partial charge in [0.15, 0.2) is 0 Å². The van der Waals surface area contributed by atoms with Crippen molar-refractivity contribution < 1.29 is 9.85 Å². The van der Waals surface area contributed by atoms with Crippen LogP contribution in [-0.2, 0) is 13.1 Å². The predicted octanol–water partition coefficient (Wildman–Crippen LogP) is 0.596. The molecule has 18 heavy (non-hydrogen) atoms. The third kappa shape index (κ3) is 2.48. The summed E-state index contributed by atoms with van der Waals surface area (Å²) in [4.78, 5) is 19.8. The minimum Gasteiger partial charge on any atom is -0.264 e. The molecule has 2 rings (SSSR count). The molecule has 0 N–H and O–H groups in total. The molecule has 10 nitrogen and oxygen atoms in total. The lowest BCUT2D eigenvalue weighted by Crippen LogP contribution is -2.07. The Kier molecular flexibility index (Phi) is 3.00. The summed E-state index contributed by atoms with van der Waals surface area (Å²) >= 11 is 0. The predicted molar refractivity (Wildman–Crippen MR) is 57.8 cm³/mol. The molecule has 0 aliphatic rings. The molecule has 0 amide bonds. The van der Waals surface area contributed by atoms with Crippen LogP contribution in [-0.4, -0.2) is 29.4 Å². The maximum Gasteiger partial charge on any atom is 0.306 e. The van der Waals surface area contributed by atoms with Gasteiger partial charge in [-0.15, -0.1) is 0 Å². The smallest absolute Gasteiger partial charge is 0.264 e. The number of aromatic nitrogens is 4. The summed E-state index contributed by atoms with van der Waals surface area (Å²) in [5, 5.41) is 28.4. The molecule has 0 unspecified atom stereocenters. The molecule has 0 fully saturated rings. The van der Waals surface area contributed by atoms with E-state index in [1.54, 1.807) is 0 Å². The number of rotatable bonds is 5. The highest BCUT2D eigenvalue weighted by Gasteiger charge is 2.10. The lowest BCUT2D eigenvalue weighted by Gasteiger charge is -2.00. The zero-order valence-electron chi connectivity index (χ0n) is 9.04. The molecule has 0 aliphatic carbocycles. The van der Waals surface area contributed by atoms with Crippen LogP contribution < -0.4 is 0 Å². The van der Waals surface area contributed by atoms with Gasteiger partial charge in [0.2, 0.25) is 0 Å². The van der Waals surface area contributed by atoms with Crippen LogP contribution in [0.4, 0.5) is 11.4 Å². The highest BCUT2D eigenvalue weighted by Crippen LogP contribution is 2.09. The van der Waals surface area contributed by atoms with E-state index in [4.69, 9.17) is 0 Å². The summed E-state index contributed by atoms with van der Waals surface area (Å²) in [6, 6.07) is 0. The van der Waals surface area contributed by atoms with Gasteiger partial charge < -0.3 is 0 Å². The summed E-state index contributed by atoms with van der Waals surface area (Å²) in [6.45, 7) is 0.680. The first-order valence-corrected chi connectivity index (χ1v) is 4.90. The second kappa shape index (κ2) is 4.61. The lowest BCUT2D eigenvalue weighted by atomic mass is 10.5. The van der Waals surface area contributed by atoms with Crippen LogP contribution in [0.3, 0.4) is 0 Å². The van der Waals surface area contributed by atoms with E-state index in [9.17, 15) is 20.2 Å². The topological polar surface area (TPSA) is 122 Å². The molecule has 0 saturated heterocycles. The van der Waals surface area contributed by atoms with Crippen molar-refractivity contribution in [2.24, 2.45) is 0 Å². The van der Waals surface area contributed by atoms with E-state index in [2.05, 4.69) is 10.2 Å². The number of nitrogens with zero attached hydrogens (tertiary/aromatic N) is 6. The first kappa shape index (κ1) is 11.7. The Balaban J connectivity index is 1.97. The van der Waals surface area contributed by atoms with Crippen LogP contribution in [0.5, 0.6) is 0 Å². The number of hydrogen-bond acceptors (Lipinski definition) is 6. The average Bonchev–Trinajstić information content (AvgIpc) is 2.95. The molecule has 0 aliphatic heterocycles. The van der Waals surface area contributed by atoms with Gasteiger partial charge in [0.25, 0.3) is 0 Å². The van der Waals surface area contributed by atoms with E-state index in [0.717, 1.165) is 12.4 Å². The molecule has 10 heteroatoms. The second-order valence-corrected chi connectivity index (χ2v) is 3.44. The Morgan fingerprint density at radius 1 is 0.944 bits per heavy atom. The summed E-state index contributed by atoms with van der Waals surface area (Å²) in [5.74, 6) is 0. The molecular formula is C8H8N6O4. The average molecular weight is 252 g/mol. The van der Waals surface area contributed by atoms with Crippen LogP contribution in [0.1, 0.15) is 0 Å². The highest BCUT2D eigenvalue weighted by molar-refractivity contribution is 5.21. The van der Waals surface area contributed by atoms with Crippen molar-refractivity contribution in [1.29, 1.82) is 0 Å². The monoisotopic (exact) mass is 252 g/mol. The fraction of sp³-hybridized carbons (Fsp3) is 0.250. The van der Waals surface area contributed by atoms with Crippen molar-refractivity contribution in [3.63, 3.8) is 0 Å². The Labute approximate surface area is 99.7 Å². The van der Waals surface area contributed by atoms with Crippen molar-refractivity contribution in [1.82, 2.24) is 19.6 Å². The Morgan fingerprint density at radius 2 is 1.33 bits per heavy atom. The molecule has 0 spiro atoms. The van der Waals surface area contributed by atoms with E-state index in [1.165, 1.54) is 21.8 Å². The number of nitro groups is 2. The van der Waals surface area contributed by atoms with Crippen molar-refractivity contribution in [2.45, 2.75) is 13.1 Å². The van der Waals surface area contributed by atoms with Gasteiger partial charge in [-0.25, -0.2) is 0 Å². The number of aryl methyl sites for hydroxylation is 2. The maximum absolute atomic E-state index is 10.4. The van der Waals surface area contributed by atoms with Crippen LogP contribution in [0.15, 0.2) is 24.8 Å². The van der Waals surface area contributed by atoms with Crippen LogP contribution >= 0.6 is 0 Å². The molecule has 0 aromatic carbocycles. The molecule has 2 heterocycles. The van der Waals surface area contributed by atoms with E-state index in [1.807, 2.05) is 0 Å². The van der Waals surface area contributed by atoms with Gasteiger partial charge in [0.05, 0.1) is 22.9 Å². The Morgan fingerprint density at radius 3 is 1.61 bits per heavy atom. The van der Waals surface area contributed by atoms with Gasteiger partial charge in [0, 0.05) is 0 Å². The summed E-state index contributed by atoms with van der Waals surface area (Å²) < 4.78 is 2.76. The normalized spacial score (nSPS) is 10.4. The third-order valence-electron chi connectivity index (χ3n) is 2.22. The molecule has 0 radical (unpaired) electrons. The minimum absolute atomic E-state index is 0.0959. The SMILES string of the molecule is O=[N+]([O-])c1cnn(CCn2cc([N+](=O)[O-])cn2)c1. The fourth-order valence-electron chi connectivity index (χ4n) is 1.34. The summed E-state index contributed by atoms with van der Waals surface area (Å²) in [5.41, 5.74) is -0.192. The van der Waals surface area contributed by atoms with Crippen molar-refractivity contribution in [2.75, 3.05) is 0 Å². The Hall–Kier alpha value is -2.78. The zero-order valence-corrected chi connectivity index (χ0v) is 9.04. The van der Waals surface area contributed by atoms with E-state index < -0.39 is 9.85 Å². The second-order valence-electron chi connectivity index (χ2n) is 3.44. The minimum atomic E-state index is -0.539. The Bertz CT molecular complexity index is 536.